The first kappa shape index (κ1) is 23.4. The van der Waals surface area contributed by atoms with E-state index in [1.54, 1.807) is 0 Å². The monoisotopic (exact) mass is 342 g/mol. The van der Waals surface area contributed by atoms with Gasteiger partial charge in [0.1, 0.15) is 0 Å². The summed E-state index contributed by atoms with van der Waals surface area (Å²) in [5.41, 5.74) is 0. The predicted octanol–water partition coefficient (Wildman–Crippen LogP) is 6.78. The fourth-order valence-electron chi connectivity index (χ4n) is 2.91. The molecule has 0 aromatic rings. The van der Waals surface area contributed by atoms with Crippen LogP contribution in [0.2, 0.25) is 0 Å². The molecule has 0 fully saturated rings. The molecule has 144 valence electrons. The molecule has 0 amide bonds. The highest BCUT2D eigenvalue weighted by molar-refractivity contribution is 5.69. The van der Waals surface area contributed by atoms with Crippen LogP contribution in [0.3, 0.4) is 0 Å². The topological polar surface area (TPSA) is 35.5 Å². The zero-order chi connectivity index (χ0) is 17.9. The number of hydrogen-bond donors (Lipinski definition) is 0. The number of ether oxygens (including phenoxy) is 2. The second-order valence-electron chi connectivity index (χ2n) is 6.78. The lowest BCUT2D eigenvalue weighted by Gasteiger charge is -2.15. The largest absolute Gasteiger partial charge is 0.436 e. The van der Waals surface area contributed by atoms with Crippen molar-refractivity contribution in [1.29, 1.82) is 0 Å². The summed E-state index contributed by atoms with van der Waals surface area (Å²) in [6, 6.07) is 0. The maximum absolute atomic E-state index is 11.7. The Morgan fingerprint density at radius 1 is 0.708 bits per heavy atom. The number of unbranched alkanes of at least 4 members (excludes halogenated alkanes) is 12. The number of esters is 1. The molecule has 0 saturated heterocycles. The van der Waals surface area contributed by atoms with Gasteiger partial charge in [0, 0.05) is 19.4 Å². The molecular weight excluding hydrogens is 300 g/mol. The van der Waals surface area contributed by atoms with Crippen molar-refractivity contribution in [2.75, 3.05) is 6.61 Å². The van der Waals surface area contributed by atoms with Gasteiger partial charge in [0.25, 0.3) is 0 Å². The zero-order valence-corrected chi connectivity index (χ0v) is 16.6. The van der Waals surface area contributed by atoms with Crippen molar-refractivity contribution >= 4 is 5.97 Å². The van der Waals surface area contributed by atoms with Crippen molar-refractivity contribution in [2.45, 2.75) is 123 Å². The molecular formula is C21H42O3. The Hall–Kier alpha value is -0.570. The molecule has 3 heteroatoms. The summed E-state index contributed by atoms with van der Waals surface area (Å²) < 4.78 is 10.6. The van der Waals surface area contributed by atoms with E-state index in [2.05, 4.69) is 6.92 Å². The Morgan fingerprint density at radius 2 is 1.17 bits per heavy atom. The quantitative estimate of drug-likeness (QED) is 0.156. The SMILES string of the molecule is CCCCCCCCCCCCCCCC(=O)OC(CC)OCC. The Morgan fingerprint density at radius 3 is 1.58 bits per heavy atom. The molecule has 0 rings (SSSR count). The molecule has 0 bridgehead atoms. The highest BCUT2D eigenvalue weighted by Crippen LogP contribution is 2.13. The smallest absolute Gasteiger partial charge is 0.308 e. The van der Waals surface area contributed by atoms with Gasteiger partial charge in [-0.1, -0.05) is 90.9 Å². The molecule has 0 aliphatic heterocycles. The molecule has 0 aromatic carbocycles. The van der Waals surface area contributed by atoms with Crippen molar-refractivity contribution in [3.8, 4) is 0 Å². The summed E-state index contributed by atoms with van der Waals surface area (Å²) in [7, 11) is 0. The summed E-state index contributed by atoms with van der Waals surface area (Å²) in [5.74, 6) is -0.113. The van der Waals surface area contributed by atoms with E-state index < -0.39 is 0 Å². The molecule has 24 heavy (non-hydrogen) atoms. The van der Waals surface area contributed by atoms with E-state index in [4.69, 9.17) is 9.47 Å². The van der Waals surface area contributed by atoms with Crippen LogP contribution in [-0.2, 0) is 14.3 Å². The minimum Gasteiger partial charge on any atom is -0.436 e. The Labute approximate surface area is 150 Å². The zero-order valence-electron chi connectivity index (χ0n) is 16.6. The highest BCUT2D eigenvalue weighted by Gasteiger charge is 2.11. The molecule has 0 radical (unpaired) electrons. The van der Waals surface area contributed by atoms with Gasteiger partial charge in [-0.25, -0.2) is 0 Å². The molecule has 0 saturated carbocycles. The van der Waals surface area contributed by atoms with Crippen LogP contribution in [0.1, 0.15) is 117 Å². The maximum atomic E-state index is 11.7. The van der Waals surface area contributed by atoms with Crippen LogP contribution in [0.25, 0.3) is 0 Å². The van der Waals surface area contributed by atoms with Crippen molar-refractivity contribution in [2.24, 2.45) is 0 Å². The van der Waals surface area contributed by atoms with E-state index in [0.717, 1.165) is 19.3 Å². The van der Waals surface area contributed by atoms with E-state index in [9.17, 15) is 4.79 Å². The highest BCUT2D eigenvalue weighted by atomic mass is 16.7. The first-order chi connectivity index (χ1) is 11.7. The van der Waals surface area contributed by atoms with Gasteiger partial charge in [-0.3, -0.25) is 4.79 Å². The van der Waals surface area contributed by atoms with Crippen LogP contribution in [0.5, 0.6) is 0 Å². The van der Waals surface area contributed by atoms with Crippen molar-refractivity contribution < 1.29 is 14.3 Å². The lowest BCUT2D eigenvalue weighted by Crippen LogP contribution is -2.20. The summed E-state index contributed by atoms with van der Waals surface area (Å²) in [5, 5.41) is 0. The van der Waals surface area contributed by atoms with Gasteiger partial charge in [0.2, 0.25) is 6.29 Å². The number of rotatable bonds is 18. The van der Waals surface area contributed by atoms with Crippen molar-refractivity contribution in [1.82, 2.24) is 0 Å². The molecule has 0 aliphatic rings. The molecule has 0 aliphatic carbocycles. The van der Waals surface area contributed by atoms with E-state index in [1.165, 1.54) is 70.6 Å². The van der Waals surface area contributed by atoms with Crippen molar-refractivity contribution in [3.63, 3.8) is 0 Å². The van der Waals surface area contributed by atoms with Crippen LogP contribution in [-0.4, -0.2) is 18.9 Å². The molecule has 0 spiro atoms. The molecule has 1 unspecified atom stereocenters. The molecule has 0 aromatic heterocycles. The third-order valence-corrected chi connectivity index (χ3v) is 4.43. The van der Waals surface area contributed by atoms with Crippen LogP contribution in [0.4, 0.5) is 0 Å². The van der Waals surface area contributed by atoms with Gasteiger partial charge in [-0.2, -0.15) is 0 Å². The third-order valence-electron chi connectivity index (χ3n) is 4.43. The molecule has 0 heterocycles. The van der Waals surface area contributed by atoms with Gasteiger partial charge in [0.15, 0.2) is 0 Å². The first-order valence-corrected chi connectivity index (χ1v) is 10.6. The van der Waals surface area contributed by atoms with E-state index in [0.29, 0.717) is 13.0 Å². The minimum atomic E-state index is -0.357. The van der Waals surface area contributed by atoms with Gasteiger partial charge in [-0.15, -0.1) is 0 Å². The lowest BCUT2D eigenvalue weighted by atomic mass is 10.0. The van der Waals surface area contributed by atoms with E-state index >= 15 is 0 Å². The number of carbonyl (C=O) groups excluding carboxylic acids is 1. The van der Waals surface area contributed by atoms with Gasteiger partial charge in [0.05, 0.1) is 0 Å². The van der Waals surface area contributed by atoms with E-state index in [1.807, 2.05) is 13.8 Å². The fourth-order valence-corrected chi connectivity index (χ4v) is 2.91. The summed E-state index contributed by atoms with van der Waals surface area (Å²) in [6.07, 6.45) is 18.1. The normalized spacial score (nSPS) is 12.3. The fraction of sp³-hybridized carbons (Fsp3) is 0.952. The van der Waals surface area contributed by atoms with Crippen LogP contribution in [0.15, 0.2) is 0 Å². The Balaban J connectivity index is 3.25. The van der Waals surface area contributed by atoms with Gasteiger partial charge in [-0.05, 0) is 13.3 Å². The molecule has 3 nitrogen and oxygen atoms in total. The van der Waals surface area contributed by atoms with Crippen LogP contribution in [0, 0.1) is 0 Å². The van der Waals surface area contributed by atoms with Gasteiger partial charge < -0.3 is 9.47 Å². The number of hydrogen-bond acceptors (Lipinski definition) is 3. The molecule has 1 atom stereocenters. The maximum Gasteiger partial charge on any atom is 0.308 e. The van der Waals surface area contributed by atoms with Crippen molar-refractivity contribution in [3.05, 3.63) is 0 Å². The first-order valence-electron chi connectivity index (χ1n) is 10.6. The second-order valence-corrected chi connectivity index (χ2v) is 6.78. The minimum absolute atomic E-state index is 0.113. The van der Waals surface area contributed by atoms with Gasteiger partial charge >= 0.3 is 5.97 Å². The average Bonchev–Trinajstić information content (AvgIpc) is 2.58. The Bertz CT molecular complexity index is 266. The van der Waals surface area contributed by atoms with Crippen LogP contribution >= 0.6 is 0 Å². The summed E-state index contributed by atoms with van der Waals surface area (Å²) >= 11 is 0. The second kappa shape index (κ2) is 18.8. The average molecular weight is 343 g/mol. The third kappa shape index (κ3) is 16.3. The molecule has 0 N–H and O–H groups in total. The van der Waals surface area contributed by atoms with E-state index in [-0.39, 0.29) is 12.3 Å². The number of carbonyl (C=O) groups is 1. The predicted molar refractivity (Wildman–Crippen MR) is 102 cm³/mol. The summed E-state index contributed by atoms with van der Waals surface area (Å²) in [6.45, 7) is 6.75. The standard InChI is InChI=1S/C21H42O3/c1-4-7-8-9-10-11-12-13-14-15-16-17-18-19-20(22)24-21(5-2)23-6-3/h21H,4-19H2,1-3H3. The lowest BCUT2D eigenvalue weighted by molar-refractivity contribution is -0.178. The van der Waals surface area contributed by atoms with Crippen LogP contribution < -0.4 is 0 Å². The summed E-state index contributed by atoms with van der Waals surface area (Å²) in [4.78, 5) is 11.7. The Kier molecular flexibility index (Phi) is 18.3.